The zero-order valence-electron chi connectivity index (χ0n) is 15.1. The van der Waals surface area contributed by atoms with E-state index < -0.39 is 0 Å². The van der Waals surface area contributed by atoms with Gasteiger partial charge in [-0.3, -0.25) is 10.1 Å². The van der Waals surface area contributed by atoms with Crippen LogP contribution < -0.4 is 15.4 Å². The minimum Gasteiger partial charge on any atom is -0.493 e. The lowest BCUT2D eigenvalue weighted by Gasteiger charge is -2.13. The van der Waals surface area contributed by atoms with Crippen molar-refractivity contribution in [3.63, 3.8) is 0 Å². The van der Waals surface area contributed by atoms with Crippen molar-refractivity contribution in [2.24, 2.45) is 0 Å². The number of thiocarbonyl (C=S) groups is 1. The third-order valence-electron chi connectivity index (χ3n) is 3.73. The molecule has 138 valence electrons. The normalized spacial score (nSPS) is 10.2. The molecule has 0 aliphatic rings. The number of hydrogen-bond acceptors (Lipinski definition) is 4. The molecule has 1 amide bonds. The highest BCUT2D eigenvalue weighted by atomic mass is 32.2. The predicted molar refractivity (Wildman–Crippen MR) is 112 cm³/mol. The molecule has 0 saturated carbocycles. The van der Waals surface area contributed by atoms with Crippen molar-refractivity contribution in [2.75, 3.05) is 12.9 Å². The fraction of sp³-hybridized carbons (Fsp3) is 0.300. The Balaban J connectivity index is 1.89. The topological polar surface area (TPSA) is 50.4 Å². The molecule has 0 aliphatic carbocycles. The smallest absolute Gasteiger partial charge is 0.261 e. The van der Waals surface area contributed by atoms with Crippen molar-refractivity contribution >= 4 is 35.0 Å². The summed E-state index contributed by atoms with van der Waals surface area (Å²) < 4.78 is 5.70. The van der Waals surface area contributed by atoms with Gasteiger partial charge in [-0.25, -0.2) is 0 Å². The van der Waals surface area contributed by atoms with E-state index in [1.54, 1.807) is 23.9 Å². The van der Waals surface area contributed by atoms with Crippen molar-refractivity contribution in [3.8, 4) is 5.75 Å². The monoisotopic (exact) mass is 388 g/mol. The highest BCUT2D eigenvalue weighted by Crippen LogP contribution is 2.18. The molecule has 26 heavy (non-hydrogen) atoms. The molecule has 0 heterocycles. The number of unbranched alkanes of at least 4 members (excludes halogenated alkanes) is 1. The second kappa shape index (κ2) is 10.8. The Morgan fingerprint density at radius 2 is 1.88 bits per heavy atom. The second-order valence-corrected chi connectivity index (χ2v) is 6.97. The average Bonchev–Trinajstić information content (AvgIpc) is 2.67. The summed E-state index contributed by atoms with van der Waals surface area (Å²) in [6.07, 6.45) is 4.03. The van der Waals surface area contributed by atoms with Crippen LogP contribution in [-0.4, -0.2) is 23.9 Å². The zero-order chi connectivity index (χ0) is 18.8. The van der Waals surface area contributed by atoms with Crippen molar-refractivity contribution in [3.05, 3.63) is 59.7 Å². The van der Waals surface area contributed by atoms with E-state index in [-0.39, 0.29) is 5.91 Å². The van der Waals surface area contributed by atoms with Crippen molar-refractivity contribution in [1.82, 2.24) is 10.6 Å². The summed E-state index contributed by atoms with van der Waals surface area (Å²) in [6.45, 7) is 3.25. The van der Waals surface area contributed by atoms with Crippen LogP contribution in [0, 0.1) is 0 Å². The van der Waals surface area contributed by atoms with Crippen LogP contribution in [0.2, 0.25) is 0 Å². The molecule has 2 rings (SSSR count). The quantitative estimate of drug-likeness (QED) is 0.399. The van der Waals surface area contributed by atoms with Gasteiger partial charge >= 0.3 is 0 Å². The van der Waals surface area contributed by atoms with Gasteiger partial charge in [-0.05, 0) is 54.7 Å². The fourth-order valence-corrected chi connectivity index (χ4v) is 2.82. The lowest BCUT2D eigenvalue weighted by Crippen LogP contribution is -2.39. The summed E-state index contributed by atoms with van der Waals surface area (Å²) in [5.74, 6) is 0.307. The number of benzene rings is 2. The first-order valence-electron chi connectivity index (χ1n) is 8.58. The molecule has 0 aromatic heterocycles. The van der Waals surface area contributed by atoms with Crippen LogP contribution in [0.5, 0.6) is 5.75 Å². The van der Waals surface area contributed by atoms with E-state index in [0.717, 1.165) is 18.4 Å². The molecule has 0 aliphatic heterocycles. The van der Waals surface area contributed by atoms with Crippen LogP contribution in [0.1, 0.15) is 35.7 Å². The van der Waals surface area contributed by atoms with Crippen LogP contribution in [-0.2, 0) is 6.54 Å². The number of ether oxygens (including phenoxy) is 1. The number of carbonyl (C=O) groups is 1. The Labute approximate surface area is 164 Å². The van der Waals surface area contributed by atoms with Crippen molar-refractivity contribution in [2.45, 2.75) is 31.2 Å². The van der Waals surface area contributed by atoms with Gasteiger partial charge in [0.1, 0.15) is 5.75 Å². The molecule has 4 nitrogen and oxygen atoms in total. The second-order valence-electron chi connectivity index (χ2n) is 5.68. The van der Waals surface area contributed by atoms with Crippen molar-refractivity contribution in [1.29, 1.82) is 0 Å². The Morgan fingerprint density at radius 3 is 2.58 bits per heavy atom. The molecule has 2 N–H and O–H groups in total. The Kier molecular flexibility index (Phi) is 8.44. The molecular weight excluding hydrogens is 364 g/mol. The molecule has 0 unspecified atom stereocenters. The number of para-hydroxylation sites is 1. The molecule has 0 bridgehead atoms. The van der Waals surface area contributed by atoms with Gasteiger partial charge in [0.2, 0.25) is 0 Å². The van der Waals surface area contributed by atoms with Gasteiger partial charge in [0.05, 0.1) is 12.2 Å². The van der Waals surface area contributed by atoms with Crippen LogP contribution in [0.25, 0.3) is 0 Å². The number of thioether (sulfide) groups is 1. The van der Waals surface area contributed by atoms with E-state index in [9.17, 15) is 4.79 Å². The van der Waals surface area contributed by atoms with Gasteiger partial charge in [0.25, 0.3) is 5.91 Å². The van der Waals surface area contributed by atoms with Crippen LogP contribution >= 0.6 is 24.0 Å². The van der Waals surface area contributed by atoms with Crippen molar-refractivity contribution < 1.29 is 9.53 Å². The van der Waals surface area contributed by atoms with Gasteiger partial charge in [-0.2, -0.15) is 0 Å². The summed E-state index contributed by atoms with van der Waals surface area (Å²) in [5, 5.41) is 6.08. The lowest BCUT2D eigenvalue weighted by molar-refractivity contribution is 0.0972. The maximum absolute atomic E-state index is 12.5. The minimum absolute atomic E-state index is 0.271. The summed E-state index contributed by atoms with van der Waals surface area (Å²) in [6, 6.07) is 15.4. The molecule has 0 radical (unpaired) electrons. The highest BCUT2D eigenvalue weighted by molar-refractivity contribution is 7.98. The van der Waals surface area contributed by atoms with Gasteiger partial charge in [-0.15, -0.1) is 11.8 Å². The Morgan fingerprint density at radius 1 is 1.15 bits per heavy atom. The molecule has 6 heteroatoms. The van der Waals surface area contributed by atoms with E-state index in [4.69, 9.17) is 17.0 Å². The average molecular weight is 389 g/mol. The summed E-state index contributed by atoms with van der Waals surface area (Å²) >= 11 is 6.94. The molecular formula is C20H24N2O2S2. The first kappa shape index (κ1) is 20.3. The molecule has 0 atom stereocenters. The number of nitrogens with one attached hydrogen (secondary N) is 2. The van der Waals surface area contributed by atoms with E-state index in [1.807, 2.05) is 30.5 Å². The molecule has 2 aromatic carbocycles. The zero-order valence-corrected chi connectivity index (χ0v) is 16.7. The minimum atomic E-state index is -0.271. The molecule has 2 aromatic rings. The van der Waals surface area contributed by atoms with E-state index in [2.05, 4.69) is 29.7 Å². The van der Waals surface area contributed by atoms with Gasteiger partial charge in [0.15, 0.2) is 5.11 Å². The summed E-state index contributed by atoms with van der Waals surface area (Å²) in [5.41, 5.74) is 1.58. The first-order valence-corrected chi connectivity index (χ1v) is 10.2. The van der Waals surface area contributed by atoms with Crippen LogP contribution in [0.3, 0.4) is 0 Å². The van der Waals surface area contributed by atoms with Crippen LogP contribution in [0.15, 0.2) is 53.4 Å². The standard InChI is InChI=1S/C20H24N2O2S2/c1-3-4-13-24-18-8-6-5-7-17(18)19(23)22-20(25)21-14-15-9-11-16(26-2)12-10-15/h5-12H,3-4,13-14H2,1-2H3,(H2,21,22,23,25). The maximum Gasteiger partial charge on any atom is 0.261 e. The highest BCUT2D eigenvalue weighted by Gasteiger charge is 2.13. The van der Waals surface area contributed by atoms with Gasteiger partial charge in [-0.1, -0.05) is 37.6 Å². The molecule has 0 saturated heterocycles. The van der Waals surface area contributed by atoms with E-state index in [1.165, 1.54) is 4.90 Å². The van der Waals surface area contributed by atoms with Gasteiger partial charge < -0.3 is 10.1 Å². The maximum atomic E-state index is 12.5. The van der Waals surface area contributed by atoms with Crippen LogP contribution in [0.4, 0.5) is 0 Å². The number of carbonyl (C=O) groups excluding carboxylic acids is 1. The fourth-order valence-electron chi connectivity index (χ4n) is 2.25. The lowest BCUT2D eigenvalue weighted by atomic mass is 10.2. The molecule has 0 spiro atoms. The summed E-state index contributed by atoms with van der Waals surface area (Å²) in [4.78, 5) is 13.7. The number of amides is 1. The van der Waals surface area contributed by atoms with E-state index in [0.29, 0.717) is 29.6 Å². The third kappa shape index (κ3) is 6.35. The van der Waals surface area contributed by atoms with Gasteiger partial charge in [0, 0.05) is 11.4 Å². The third-order valence-corrected chi connectivity index (χ3v) is 4.72. The largest absolute Gasteiger partial charge is 0.493 e. The number of hydrogen-bond donors (Lipinski definition) is 2. The SMILES string of the molecule is CCCCOc1ccccc1C(=O)NC(=S)NCc1ccc(SC)cc1. The van der Waals surface area contributed by atoms with E-state index >= 15 is 0 Å². The molecule has 0 fully saturated rings. The summed E-state index contributed by atoms with van der Waals surface area (Å²) in [7, 11) is 0. The Hall–Kier alpha value is -2.05. The number of rotatable bonds is 8. The predicted octanol–water partition coefficient (Wildman–Crippen LogP) is 4.39. The first-order chi connectivity index (χ1) is 12.6. The Bertz CT molecular complexity index is 733.